The summed E-state index contributed by atoms with van der Waals surface area (Å²) in [5, 5.41) is 44.8. The first-order valence-corrected chi connectivity index (χ1v) is 8.61. The number of rotatable bonds is 6. The molecule has 1 saturated heterocycles. The van der Waals surface area contributed by atoms with E-state index >= 15 is 0 Å². The molecule has 2 aromatic rings. The molecule has 1 fully saturated rings. The van der Waals surface area contributed by atoms with E-state index in [0.717, 1.165) is 12.1 Å². The molecule has 4 N–H and O–H groups in total. The lowest BCUT2D eigenvalue weighted by Gasteiger charge is -2.36. The van der Waals surface area contributed by atoms with Gasteiger partial charge >= 0.3 is 0 Å². The molecule has 31 heavy (non-hydrogen) atoms. The van der Waals surface area contributed by atoms with Crippen molar-refractivity contribution in [1.82, 2.24) is 6.15 Å². The first-order valence-electron chi connectivity index (χ1n) is 8.61. The van der Waals surface area contributed by atoms with E-state index in [0.29, 0.717) is 18.8 Å². The van der Waals surface area contributed by atoms with Crippen molar-refractivity contribution >= 4 is 34.4 Å². The fraction of sp³-hybridized carbons (Fsp3) is 0.235. The number of carbonyl (C=O) groups excluding carboxylic acids is 1. The van der Waals surface area contributed by atoms with Crippen molar-refractivity contribution < 1.29 is 24.7 Å². The predicted molar refractivity (Wildman–Crippen MR) is 108 cm³/mol. The fourth-order valence-corrected chi connectivity index (χ4v) is 3.30. The number of quaternary nitrogens is 1. The molecule has 14 nitrogen and oxygen atoms in total. The van der Waals surface area contributed by atoms with Crippen LogP contribution < -0.4 is 21.1 Å². The van der Waals surface area contributed by atoms with Gasteiger partial charge in [-0.15, -0.1) is 0 Å². The highest BCUT2D eigenvalue weighted by Gasteiger charge is 2.33. The Kier molecular flexibility index (Phi) is 6.66. The molecule has 14 heteroatoms. The largest absolute Gasteiger partial charge is 0.545 e. The molecule has 1 aliphatic rings. The van der Waals surface area contributed by atoms with Crippen LogP contribution in [0.1, 0.15) is 10.4 Å². The van der Waals surface area contributed by atoms with Gasteiger partial charge in [-0.2, -0.15) is 0 Å². The van der Waals surface area contributed by atoms with E-state index in [2.05, 4.69) is 0 Å². The number of nitro groups is 3. The van der Waals surface area contributed by atoms with Gasteiger partial charge in [0.1, 0.15) is 0 Å². The van der Waals surface area contributed by atoms with E-state index in [1.807, 2.05) is 4.90 Å². The molecule has 1 aliphatic heterocycles. The van der Waals surface area contributed by atoms with Crippen LogP contribution in [0.2, 0.25) is 0 Å². The van der Waals surface area contributed by atoms with Crippen molar-refractivity contribution in [3.05, 3.63) is 72.3 Å². The third-order valence-electron chi connectivity index (χ3n) is 4.72. The number of carbonyl (C=O) groups is 1. The molecule has 0 atom stereocenters. The molecule has 0 saturated carbocycles. The number of anilines is 2. The normalized spacial score (nSPS) is 13.3. The number of carboxylic acids is 1. The zero-order chi connectivity index (χ0) is 22.0. The maximum atomic E-state index is 11.5. The van der Waals surface area contributed by atoms with Gasteiger partial charge in [0.15, 0.2) is 5.69 Å². The quantitative estimate of drug-likeness (QED) is 0.510. The lowest BCUT2D eigenvalue weighted by Crippen LogP contribution is -2.47. The van der Waals surface area contributed by atoms with E-state index in [-0.39, 0.29) is 30.6 Å². The number of benzene rings is 2. The summed E-state index contributed by atoms with van der Waals surface area (Å²) < 4.78 is 0. The standard InChI is InChI=1S/C17H15N5O8.H3N/c23-17(24)11-9-14(21(27)28)16(15(10-11)22(29)30)19-7-5-18(6-8-19)12-1-3-13(4-2-12)20(25)26;/h1-4,9-10H,5-8H2,(H,23,24);1H3. The van der Waals surface area contributed by atoms with Crippen molar-refractivity contribution in [3.63, 3.8) is 0 Å². The van der Waals surface area contributed by atoms with Gasteiger partial charge in [0.05, 0.1) is 20.7 Å². The summed E-state index contributed by atoms with van der Waals surface area (Å²) in [7, 11) is 0. The smallest absolute Gasteiger partial charge is 0.300 e. The van der Waals surface area contributed by atoms with Gasteiger partial charge in [-0.1, -0.05) is 0 Å². The van der Waals surface area contributed by atoms with Crippen LogP contribution in [0.5, 0.6) is 0 Å². The lowest BCUT2D eigenvalue weighted by atomic mass is 10.1. The summed E-state index contributed by atoms with van der Waals surface area (Å²) in [6, 6.07) is 7.37. The zero-order valence-corrected chi connectivity index (χ0v) is 16.3. The number of hydrogen-bond acceptors (Lipinski definition) is 10. The minimum atomic E-state index is -1.75. The highest BCUT2D eigenvalue weighted by atomic mass is 16.6. The Morgan fingerprint density at radius 2 is 1.23 bits per heavy atom. The van der Waals surface area contributed by atoms with Crippen LogP contribution in [0, 0.1) is 30.3 Å². The Morgan fingerprint density at radius 3 is 1.61 bits per heavy atom. The number of hydrogen-bond donors (Lipinski definition) is 1. The third kappa shape index (κ3) is 4.64. The monoisotopic (exact) mass is 434 g/mol. The van der Waals surface area contributed by atoms with E-state index in [1.165, 1.54) is 17.0 Å². The molecule has 0 amide bonds. The van der Waals surface area contributed by atoms with Gasteiger partial charge in [-0.3, -0.25) is 30.3 Å². The maximum Gasteiger partial charge on any atom is 0.300 e. The van der Waals surface area contributed by atoms with Crippen molar-refractivity contribution in [3.8, 4) is 0 Å². The van der Waals surface area contributed by atoms with Gasteiger partial charge in [0, 0.05) is 61.7 Å². The number of non-ortho nitro benzene ring substituents is 1. The van der Waals surface area contributed by atoms with Crippen LogP contribution in [0.25, 0.3) is 0 Å². The van der Waals surface area contributed by atoms with E-state index in [1.54, 1.807) is 12.1 Å². The van der Waals surface area contributed by atoms with Crippen LogP contribution in [0.4, 0.5) is 28.4 Å². The fourth-order valence-electron chi connectivity index (χ4n) is 3.30. The highest BCUT2D eigenvalue weighted by molar-refractivity contribution is 5.91. The summed E-state index contributed by atoms with van der Waals surface area (Å²) in [6.45, 7) is 1.05. The minimum absolute atomic E-state index is 0. The highest BCUT2D eigenvalue weighted by Crippen LogP contribution is 2.39. The van der Waals surface area contributed by atoms with Crippen LogP contribution in [-0.2, 0) is 0 Å². The Balaban J connectivity index is 0.00000341. The number of nitrogens with zero attached hydrogens (tertiary/aromatic N) is 5. The van der Waals surface area contributed by atoms with Gasteiger partial charge in [-0.05, 0) is 12.1 Å². The van der Waals surface area contributed by atoms with Crippen molar-refractivity contribution in [2.75, 3.05) is 36.0 Å². The molecule has 3 rings (SSSR count). The Hall–Kier alpha value is -4.33. The molecule has 0 aromatic heterocycles. The topological polar surface area (TPSA) is 213 Å². The number of aromatic carboxylic acids is 1. The summed E-state index contributed by atoms with van der Waals surface area (Å²) in [5.41, 5.74) is -1.65. The Bertz CT molecular complexity index is 998. The van der Waals surface area contributed by atoms with Gasteiger partial charge in [-0.25, -0.2) is 0 Å². The number of piperazine rings is 1. The van der Waals surface area contributed by atoms with Crippen LogP contribution >= 0.6 is 0 Å². The molecule has 0 spiro atoms. The molecule has 0 bridgehead atoms. The summed E-state index contributed by atoms with van der Waals surface area (Å²) >= 11 is 0. The molecule has 2 aromatic carbocycles. The summed E-state index contributed by atoms with van der Waals surface area (Å²) in [6.07, 6.45) is 0. The lowest BCUT2D eigenvalue weighted by molar-refractivity contribution is -0.392. The van der Waals surface area contributed by atoms with Crippen LogP contribution in [0.15, 0.2) is 36.4 Å². The van der Waals surface area contributed by atoms with Crippen molar-refractivity contribution in [1.29, 1.82) is 0 Å². The first-order chi connectivity index (χ1) is 14.2. The zero-order valence-electron chi connectivity index (χ0n) is 16.3. The molecule has 0 unspecified atom stereocenters. The molecule has 164 valence electrons. The molecule has 0 aliphatic carbocycles. The van der Waals surface area contributed by atoms with E-state index in [4.69, 9.17) is 0 Å². The minimum Gasteiger partial charge on any atom is -0.545 e. The van der Waals surface area contributed by atoms with Gasteiger partial charge in [0.2, 0.25) is 0 Å². The molecule has 1 heterocycles. The summed E-state index contributed by atoms with van der Waals surface area (Å²) in [4.78, 5) is 45.9. The molecular weight excluding hydrogens is 416 g/mol. The Morgan fingerprint density at radius 1 is 0.774 bits per heavy atom. The first kappa shape index (κ1) is 23.0. The van der Waals surface area contributed by atoms with E-state index < -0.39 is 37.7 Å². The maximum absolute atomic E-state index is 11.5. The SMILES string of the molecule is O=C([O-])c1cc([N+](=O)[O-])c(N2CCN(c3ccc([N+](=O)[O-])cc3)CC2)c([N+](=O)[O-])c1.[NH4+]. The molecule has 0 radical (unpaired) electrons. The summed E-state index contributed by atoms with van der Waals surface area (Å²) in [5.74, 6) is -1.75. The second-order valence-corrected chi connectivity index (χ2v) is 6.41. The van der Waals surface area contributed by atoms with E-state index in [9.17, 15) is 40.2 Å². The number of nitro benzene ring substituents is 3. The third-order valence-corrected chi connectivity index (χ3v) is 4.72. The average molecular weight is 434 g/mol. The molecular formula is C17H18N6O8. The second kappa shape index (κ2) is 9.00. The van der Waals surface area contributed by atoms with Gasteiger partial charge in [0.25, 0.3) is 17.1 Å². The van der Waals surface area contributed by atoms with Gasteiger partial charge < -0.3 is 25.9 Å². The Labute approximate surface area is 174 Å². The van der Waals surface area contributed by atoms with Crippen LogP contribution in [0.3, 0.4) is 0 Å². The van der Waals surface area contributed by atoms with Crippen LogP contribution in [-0.4, -0.2) is 46.9 Å². The number of carboxylic acid groups (broad SMARTS) is 1. The van der Waals surface area contributed by atoms with Crippen molar-refractivity contribution in [2.45, 2.75) is 0 Å². The van der Waals surface area contributed by atoms with Crippen molar-refractivity contribution in [2.24, 2.45) is 0 Å². The average Bonchev–Trinajstić information content (AvgIpc) is 2.72. The predicted octanol–water partition coefficient (Wildman–Crippen LogP) is 1.48. The second-order valence-electron chi connectivity index (χ2n) is 6.41.